The Bertz CT molecular complexity index is 747. The summed E-state index contributed by atoms with van der Waals surface area (Å²) < 4.78 is 10.5. The summed E-state index contributed by atoms with van der Waals surface area (Å²) in [5, 5.41) is 2.55. The topological polar surface area (TPSA) is 64.6 Å². The van der Waals surface area contributed by atoms with Crippen molar-refractivity contribution in [2.75, 3.05) is 18.1 Å². The fraction of sp³-hybridized carbons (Fsp3) is 0.263. The lowest BCUT2D eigenvalue weighted by Gasteiger charge is -2.17. The van der Waals surface area contributed by atoms with Crippen molar-refractivity contribution >= 4 is 34.7 Å². The molecule has 3 rings (SSSR count). The molecule has 0 heterocycles. The standard InChI is InChI=1S/C19H18INO4/c1-24-18(22)17(10-20)21-19(23)25-11-16-14-8-4-2-6-12(14)13-7-3-5-9-15(13)16/h2-9,16-17H,10-11H2,1H3,(H,21,23)/t17-/m0/s1. The van der Waals surface area contributed by atoms with Crippen LogP contribution in [0.1, 0.15) is 17.0 Å². The van der Waals surface area contributed by atoms with E-state index in [9.17, 15) is 9.59 Å². The molecule has 6 heteroatoms. The maximum atomic E-state index is 12.1. The summed E-state index contributed by atoms with van der Waals surface area (Å²) >= 11 is 2.02. The zero-order chi connectivity index (χ0) is 17.8. The molecule has 0 saturated heterocycles. The molecule has 2 aromatic rings. The van der Waals surface area contributed by atoms with Crippen LogP contribution in [0.15, 0.2) is 48.5 Å². The minimum absolute atomic E-state index is 0.00525. The van der Waals surface area contributed by atoms with Crippen molar-refractivity contribution in [1.29, 1.82) is 0 Å². The van der Waals surface area contributed by atoms with E-state index in [1.807, 2.05) is 46.9 Å². The largest absolute Gasteiger partial charge is 0.467 e. The summed E-state index contributed by atoms with van der Waals surface area (Å²) in [6.45, 7) is 0.217. The quantitative estimate of drug-likeness (QED) is 0.430. The number of rotatable bonds is 5. The molecule has 0 spiro atoms. The number of alkyl halides is 1. The highest BCUT2D eigenvalue weighted by Gasteiger charge is 2.29. The number of nitrogens with one attached hydrogen (secondary N) is 1. The number of fused-ring (bicyclic) bond motifs is 3. The molecule has 0 unspecified atom stereocenters. The minimum atomic E-state index is -0.707. The Morgan fingerprint density at radius 3 is 2.16 bits per heavy atom. The zero-order valence-electron chi connectivity index (χ0n) is 13.7. The van der Waals surface area contributed by atoms with E-state index in [4.69, 9.17) is 4.74 Å². The van der Waals surface area contributed by atoms with Gasteiger partial charge in [0.25, 0.3) is 0 Å². The molecule has 2 aromatic carbocycles. The van der Waals surface area contributed by atoms with Crippen LogP contribution in [0.3, 0.4) is 0 Å². The van der Waals surface area contributed by atoms with Crippen LogP contribution >= 0.6 is 22.6 Å². The van der Waals surface area contributed by atoms with E-state index >= 15 is 0 Å². The molecule has 25 heavy (non-hydrogen) atoms. The first-order chi connectivity index (χ1) is 12.2. The van der Waals surface area contributed by atoms with E-state index in [0.717, 1.165) is 11.1 Å². The normalized spacial score (nSPS) is 13.5. The van der Waals surface area contributed by atoms with Crippen LogP contribution in [0.25, 0.3) is 11.1 Å². The molecule has 0 saturated carbocycles. The SMILES string of the molecule is COC(=O)[C@H](CI)NC(=O)OCC1c2ccccc2-c2ccccc21. The lowest BCUT2D eigenvalue weighted by Crippen LogP contribution is -2.43. The van der Waals surface area contributed by atoms with Gasteiger partial charge in [-0.3, -0.25) is 0 Å². The third kappa shape index (κ3) is 3.63. The molecule has 1 atom stereocenters. The van der Waals surface area contributed by atoms with Crippen LogP contribution in [0.2, 0.25) is 0 Å². The van der Waals surface area contributed by atoms with Crippen molar-refractivity contribution in [1.82, 2.24) is 5.32 Å². The van der Waals surface area contributed by atoms with Gasteiger partial charge in [-0.2, -0.15) is 0 Å². The van der Waals surface area contributed by atoms with Crippen LogP contribution in [-0.2, 0) is 14.3 Å². The van der Waals surface area contributed by atoms with Crippen molar-refractivity contribution in [3.63, 3.8) is 0 Å². The Hall–Kier alpha value is -2.09. The molecule has 1 N–H and O–H groups in total. The lowest BCUT2D eigenvalue weighted by atomic mass is 9.98. The van der Waals surface area contributed by atoms with Gasteiger partial charge in [0.1, 0.15) is 12.6 Å². The zero-order valence-corrected chi connectivity index (χ0v) is 15.9. The molecule has 5 nitrogen and oxygen atoms in total. The van der Waals surface area contributed by atoms with Crippen molar-refractivity contribution in [3.05, 3.63) is 59.7 Å². The highest BCUT2D eigenvalue weighted by Crippen LogP contribution is 2.44. The van der Waals surface area contributed by atoms with Gasteiger partial charge in [-0.15, -0.1) is 0 Å². The number of amides is 1. The van der Waals surface area contributed by atoms with Crippen molar-refractivity contribution in [2.45, 2.75) is 12.0 Å². The number of alkyl carbamates (subject to hydrolysis) is 1. The number of ether oxygens (including phenoxy) is 2. The van der Waals surface area contributed by atoms with Gasteiger partial charge >= 0.3 is 12.1 Å². The van der Waals surface area contributed by atoms with Gasteiger partial charge in [0.2, 0.25) is 0 Å². The van der Waals surface area contributed by atoms with E-state index in [1.165, 1.54) is 18.2 Å². The monoisotopic (exact) mass is 451 g/mol. The van der Waals surface area contributed by atoms with Crippen LogP contribution in [0, 0.1) is 0 Å². The van der Waals surface area contributed by atoms with Gasteiger partial charge in [-0.25, -0.2) is 9.59 Å². The molecule has 0 aliphatic heterocycles. The molecular formula is C19H18INO4. The van der Waals surface area contributed by atoms with Gasteiger partial charge in [0.05, 0.1) is 7.11 Å². The van der Waals surface area contributed by atoms with Crippen LogP contribution in [0.4, 0.5) is 4.79 Å². The number of benzene rings is 2. The van der Waals surface area contributed by atoms with Gasteiger partial charge in [0.15, 0.2) is 0 Å². The molecule has 0 aromatic heterocycles. The number of carbonyl (C=O) groups excluding carboxylic acids is 2. The minimum Gasteiger partial charge on any atom is -0.467 e. The summed E-state index contributed by atoms with van der Waals surface area (Å²) in [7, 11) is 1.29. The maximum Gasteiger partial charge on any atom is 0.407 e. The number of esters is 1. The fourth-order valence-electron chi connectivity index (χ4n) is 3.09. The highest BCUT2D eigenvalue weighted by molar-refractivity contribution is 14.1. The third-order valence-electron chi connectivity index (χ3n) is 4.28. The fourth-order valence-corrected chi connectivity index (χ4v) is 3.66. The van der Waals surface area contributed by atoms with E-state index in [-0.39, 0.29) is 12.5 Å². The van der Waals surface area contributed by atoms with E-state index in [0.29, 0.717) is 4.43 Å². The predicted octanol–water partition coefficient (Wildman–Crippen LogP) is 3.50. The van der Waals surface area contributed by atoms with Gasteiger partial charge < -0.3 is 14.8 Å². The Kier molecular flexibility index (Phi) is 5.57. The van der Waals surface area contributed by atoms with E-state index in [1.54, 1.807) is 0 Å². The summed E-state index contributed by atoms with van der Waals surface area (Å²) in [6, 6.07) is 15.6. The number of carbonyl (C=O) groups is 2. The smallest absolute Gasteiger partial charge is 0.407 e. The molecule has 1 aliphatic carbocycles. The molecular weight excluding hydrogens is 433 g/mol. The van der Waals surface area contributed by atoms with Crippen LogP contribution in [-0.4, -0.2) is 36.2 Å². The van der Waals surface area contributed by atoms with Gasteiger partial charge in [0, 0.05) is 10.3 Å². The molecule has 1 amide bonds. The lowest BCUT2D eigenvalue weighted by molar-refractivity contribution is -0.142. The van der Waals surface area contributed by atoms with Gasteiger partial charge in [-0.1, -0.05) is 71.1 Å². The Morgan fingerprint density at radius 1 is 1.08 bits per heavy atom. The molecule has 0 bridgehead atoms. The average molecular weight is 451 g/mol. The third-order valence-corrected chi connectivity index (χ3v) is 5.16. The van der Waals surface area contributed by atoms with Crippen molar-refractivity contribution in [2.24, 2.45) is 0 Å². The van der Waals surface area contributed by atoms with Gasteiger partial charge in [-0.05, 0) is 22.3 Å². The number of methoxy groups -OCH3 is 1. The molecule has 0 fully saturated rings. The summed E-state index contributed by atoms with van der Waals surface area (Å²) in [5.41, 5.74) is 4.64. The summed E-state index contributed by atoms with van der Waals surface area (Å²) in [5.74, 6) is -0.489. The first-order valence-corrected chi connectivity index (χ1v) is 9.43. The Balaban J connectivity index is 1.71. The van der Waals surface area contributed by atoms with Crippen molar-refractivity contribution in [3.8, 4) is 11.1 Å². The molecule has 130 valence electrons. The number of hydrogen-bond donors (Lipinski definition) is 1. The first-order valence-electron chi connectivity index (χ1n) is 7.91. The predicted molar refractivity (Wildman–Crippen MR) is 103 cm³/mol. The number of hydrogen-bond acceptors (Lipinski definition) is 4. The van der Waals surface area contributed by atoms with E-state index < -0.39 is 18.1 Å². The second-order valence-electron chi connectivity index (χ2n) is 5.70. The van der Waals surface area contributed by atoms with Crippen LogP contribution in [0.5, 0.6) is 0 Å². The average Bonchev–Trinajstić information content (AvgIpc) is 2.98. The molecule has 0 radical (unpaired) electrons. The summed E-state index contributed by atoms with van der Waals surface area (Å²) in [6.07, 6.45) is -0.617. The Labute approximate surface area is 159 Å². The van der Waals surface area contributed by atoms with E-state index in [2.05, 4.69) is 34.3 Å². The highest BCUT2D eigenvalue weighted by atomic mass is 127. The summed E-state index contributed by atoms with van der Waals surface area (Å²) in [4.78, 5) is 23.6. The Morgan fingerprint density at radius 2 is 1.64 bits per heavy atom. The second-order valence-corrected chi connectivity index (χ2v) is 6.58. The second kappa shape index (κ2) is 7.86. The maximum absolute atomic E-state index is 12.1. The van der Waals surface area contributed by atoms with Crippen LogP contribution < -0.4 is 5.32 Å². The number of halogens is 1. The van der Waals surface area contributed by atoms with Crippen molar-refractivity contribution < 1.29 is 19.1 Å². The molecule has 1 aliphatic rings. The first kappa shape index (κ1) is 17.7.